The molecule has 0 atom stereocenters. The highest BCUT2D eigenvalue weighted by Gasteiger charge is 2.10. The maximum atomic E-state index is 5.39. The molecule has 0 unspecified atom stereocenters. The van der Waals surface area contributed by atoms with Crippen LogP contribution >= 0.6 is 24.0 Å². The normalized spacial score (nSPS) is 15.6. The number of hydrogen-bond donors (Lipinski definition) is 1. The summed E-state index contributed by atoms with van der Waals surface area (Å²) in [5, 5.41) is 3.40. The van der Waals surface area contributed by atoms with Crippen molar-refractivity contribution >= 4 is 29.9 Å². The Hall–Kier alpha value is -0.860. The number of rotatable bonds is 7. The van der Waals surface area contributed by atoms with Gasteiger partial charge in [-0.05, 0) is 24.5 Å². The zero-order chi connectivity index (χ0) is 17.2. The molecule has 1 aromatic rings. The van der Waals surface area contributed by atoms with Crippen molar-refractivity contribution in [3.8, 4) is 0 Å². The molecule has 0 spiro atoms. The molecule has 0 aliphatic carbocycles. The number of nitrogens with zero attached hydrogens (tertiary/aromatic N) is 3. The molecule has 0 aromatic heterocycles. The maximum absolute atomic E-state index is 5.39. The molecule has 25 heavy (non-hydrogen) atoms. The molecule has 142 valence electrons. The fourth-order valence-corrected chi connectivity index (χ4v) is 2.82. The number of aliphatic imine (C=N–C) groups is 1. The van der Waals surface area contributed by atoms with Crippen molar-refractivity contribution in [2.45, 2.75) is 26.8 Å². The summed E-state index contributed by atoms with van der Waals surface area (Å²) in [6.45, 7) is 11.6. The fourth-order valence-electron chi connectivity index (χ4n) is 2.82. The molecule has 5 nitrogen and oxygen atoms in total. The zero-order valence-corrected chi connectivity index (χ0v) is 18.2. The van der Waals surface area contributed by atoms with Gasteiger partial charge in [0, 0.05) is 39.8 Å². The van der Waals surface area contributed by atoms with Gasteiger partial charge in [0.1, 0.15) is 0 Å². The number of guanidine groups is 1. The van der Waals surface area contributed by atoms with E-state index in [9.17, 15) is 0 Å². The van der Waals surface area contributed by atoms with Crippen molar-refractivity contribution in [2.24, 2.45) is 4.99 Å². The van der Waals surface area contributed by atoms with E-state index in [1.807, 2.05) is 0 Å². The van der Waals surface area contributed by atoms with Gasteiger partial charge in [-0.1, -0.05) is 31.2 Å². The molecular weight excluding hydrogens is 427 g/mol. The fraction of sp³-hybridized carbons (Fsp3) is 0.632. The van der Waals surface area contributed by atoms with Gasteiger partial charge in [0.25, 0.3) is 0 Å². The van der Waals surface area contributed by atoms with E-state index in [-0.39, 0.29) is 24.0 Å². The second-order valence-electron chi connectivity index (χ2n) is 6.22. The van der Waals surface area contributed by atoms with Crippen LogP contribution in [0.2, 0.25) is 0 Å². The van der Waals surface area contributed by atoms with Crippen LogP contribution in [-0.4, -0.2) is 68.7 Å². The highest BCUT2D eigenvalue weighted by Crippen LogP contribution is 2.07. The molecule has 0 bridgehead atoms. The minimum Gasteiger partial charge on any atom is -0.379 e. The van der Waals surface area contributed by atoms with Gasteiger partial charge >= 0.3 is 0 Å². The van der Waals surface area contributed by atoms with Crippen LogP contribution in [0.5, 0.6) is 0 Å². The van der Waals surface area contributed by atoms with Crippen LogP contribution < -0.4 is 5.32 Å². The third-order valence-corrected chi connectivity index (χ3v) is 4.33. The molecule has 0 radical (unpaired) electrons. The lowest BCUT2D eigenvalue weighted by molar-refractivity contribution is 0.0394. The molecule has 6 heteroatoms. The lowest BCUT2D eigenvalue weighted by Gasteiger charge is -2.26. The maximum Gasteiger partial charge on any atom is 0.194 e. The highest BCUT2D eigenvalue weighted by atomic mass is 127. The zero-order valence-electron chi connectivity index (χ0n) is 15.8. The van der Waals surface area contributed by atoms with E-state index in [0.717, 1.165) is 64.9 Å². The topological polar surface area (TPSA) is 40.1 Å². The average Bonchev–Trinajstić information content (AvgIpc) is 2.62. The van der Waals surface area contributed by atoms with Crippen molar-refractivity contribution in [1.82, 2.24) is 15.1 Å². The average molecular weight is 460 g/mol. The summed E-state index contributed by atoms with van der Waals surface area (Å²) in [6.07, 6.45) is 1.09. The Bertz CT molecular complexity index is 501. The second kappa shape index (κ2) is 12.5. The molecule has 0 saturated carbocycles. The van der Waals surface area contributed by atoms with Crippen molar-refractivity contribution in [2.75, 3.05) is 53.0 Å². The monoisotopic (exact) mass is 460 g/mol. The third kappa shape index (κ3) is 7.92. The van der Waals surface area contributed by atoms with Crippen molar-refractivity contribution in [1.29, 1.82) is 0 Å². The Morgan fingerprint density at radius 3 is 2.40 bits per heavy atom. The molecule has 1 aromatic carbocycles. The summed E-state index contributed by atoms with van der Waals surface area (Å²) >= 11 is 0. The number of ether oxygens (including phenoxy) is 1. The van der Waals surface area contributed by atoms with Crippen LogP contribution in [0.4, 0.5) is 0 Å². The van der Waals surface area contributed by atoms with E-state index in [1.165, 1.54) is 11.1 Å². The van der Waals surface area contributed by atoms with Crippen LogP contribution in [0.15, 0.2) is 29.3 Å². The first-order valence-electron chi connectivity index (χ1n) is 9.10. The molecule has 0 amide bonds. The number of hydrogen-bond acceptors (Lipinski definition) is 3. The van der Waals surface area contributed by atoms with Crippen LogP contribution in [-0.2, 0) is 17.7 Å². The molecule has 1 N–H and O–H groups in total. The van der Waals surface area contributed by atoms with Crippen LogP contribution in [0.1, 0.15) is 25.0 Å². The van der Waals surface area contributed by atoms with Gasteiger partial charge in [-0.2, -0.15) is 0 Å². The van der Waals surface area contributed by atoms with E-state index in [2.05, 4.69) is 60.3 Å². The Kier molecular flexibility index (Phi) is 11.1. The van der Waals surface area contributed by atoms with Crippen LogP contribution in [0.3, 0.4) is 0 Å². The number of nitrogens with one attached hydrogen (secondary N) is 1. The standard InChI is InChI=1S/C19H32N4O.HI/c1-4-17-6-8-18(9-7-17)16-22(3)19(20-5-2)21-10-11-23-12-14-24-15-13-23;/h6-9H,4-5,10-16H2,1-3H3,(H,20,21);1H. The van der Waals surface area contributed by atoms with Crippen LogP contribution in [0, 0.1) is 0 Å². The van der Waals surface area contributed by atoms with Crippen molar-refractivity contribution < 1.29 is 4.74 Å². The lowest BCUT2D eigenvalue weighted by atomic mass is 10.1. The minimum atomic E-state index is 0. The van der Waals surface area contributed by atoms with E-state index in [1.54, 1.807) is 0 Å². The first kappa shape index (κ1) is 22.2. The molecule has 1 aliphatic heterocycles. The van der Waals surface area contributed by atoms with Gasteiger partial charge in [-0.25, -0.2) is 0 Å². The van der Waals surface area contributed by atoms with Crippen molar-refractivity contribution in [3.63, 3.8) is 0 Å². The first-order chi connectivity index (χ1) is 11.7. The molecule has 1 aliphatic rings. The summed E-state index contributed by atoms with van der Waals surface area (Å²) in [6, 6.07) is 8.86. The SMILES string of the molecule is CCNC(=NCCN1CCOCC1)N(C)Cc1ccc(CC)cc1.I. The minimum absolute atomic E-state index is 0. The molecule has 2 rings (SSSR count). The highest BCUT2D eigenvalue weighted by molar-refractivity contribution is 14.0. The van der Waals surface area contributed by atoms with E-state index in [0.29, 0.717) is 0 Å². The number of aryl methyl sites for hydroxylation is 1. The predicted octanol–water partition coefficient (Wildman–Crippen LogP) is 2.60. The number of benzene rings is 1. The lowest BCUT2D eigenvalue weighted by Crippen LogP contribution is -2.40. The molecule has 1 fully saturated rings. The van der Waals surface area contributed by atoms with Crippen molar-refractivity contribution in [3.05, 3.63) is 35.4 Å². The van der Waals surface area contributed by atoms with Gasteiger partial charge in [-0.3, -0.25) is 9.89 Å². The van der Waals surface area contributed by atoms with E-state index >= 15 is 0 Å². The van der Waals surface area contributed by atoms with Gasteiger partial charge in [0.15, 0.2) is 5.96 Å². The van der Waals surface area contributed by atoms with Gasteiger partial charge in [0.2, 0.25) is 0 Å². The summed E-state index contributed by atoms with van der Waals surface area (Å²) in [7, 11) is 2.10. The number of halogens is 1. The van der Waals surface area contributed by atoms with Gasteiger partial charge in [0.05, 0.1) is 19.8 Å². The summed E-state index contributed by atoms with van der Waals surface area (Å²) in [5.74, 6) is 0.977. The van der Waals surface area contributed by atoms with Gasteiger partial charge in [-0.15, -0.1) is 24.0 Å². The Morgan fingerprint density at radius 1 is 1.16 bits per heavy atom. The predicted molar refractivity (Wildman–Crippen MR) is 116 cm³/mol. The van der Waals surface area contributed by atoms with E-state index < -0.39 is 0 Å². The Balaban J connectivity index is 0.00000312. The second-order valence-corrected chi connectivity index (χ2v) is 6.22. The first-order valence-corrected chi connectivity index (χ1v) is 9.10. The molecular formula is C19H33IN4O. The summed E-state index contributed by atoms with van der Waals surface area (Å²) in [5.41, 5.74) is 2.70. The number of morpholine rings is 1. The largest absolute Gasteiger partial charge is 0.379 e. The smallest absolute Gasteiger partial charge is 0.194 e. The third-order valence-electron chi connectivity index (χ3n) is 4.33. The quantitative estimate of drug-likeness (QED) is 0.386. The van der Waals surface area contributed by atoms with Crippen LogP contribution in [0.25, 0.3) is 0 Å². The Labute approximate surface area is 169 Å². The molecule has 1 heterocycles. The molecule has 1 saturated heterocycles. The summed E-state index contributed by atoms with van der Waals surface area (Å²) in [4.78, 5) is 9.40. The summed E-state index contributed by atoms with van der Waals surface area (Å²) < 4.78 is 5.39. The van der Waals surface area contributed by atoms with Gasteiger partial charge < -0.3 is 15.0 Å². The van der Waals surface area contributed by atoms with E-state index in [4.69, 9.17) is 9.73 Å². The Morgan fingerprint density at radius 2 is 1.80 bits per heavy atom.